The van der Waals surface area contributed by atoms with Crippen LogP contribution in [-0.4, -0.2) is 41.8 Å². The number of fused-ring (bicyclic) bond motifs is 3. The van der Waals surface area contributed by atoms with E-state index in [0.717, 1.165) is 41.5 Å². The van der Waals surface area contributed by atoms with Gasteiger partial charge < -0.3 is 20.5 Å². The summed E-state index contributed by atoms with van der Waals surface area (Å²) >= 11 is 0. The Hall–Kier alpha value is -3.35. The zero-order valence-corrected chi connectivity index (χ0v) is 17.9. The highest BCUT2D eigenvalue weighted by Gasteiger charge is 2.36. The number of benzene rings is 2. The number of aliphatic carboxylic acids is 1. The van der Waals surface area contributed by atoms with Gasteiger partial charge in [-0.3, -0.25) is 9.59 Å². The molecule has 3 N–H and O–H groups in total. The quantitative estimate of drug-likeness (QED) is 0.612. The zero-order valence-electron chi connectivity index (χ0n) is 17.9. The topological polar surface area (TPSA) is 105 Å². The summed E-state index contributed by atoms with van der Waals surface area (Å²) in [6, 6.07) is 16.1. The molecule has 2 aromatic carbocycles. The molecule has 0 bridgehead atoms. The van der Waals surface area contributed by atoms with Crippen molar-refractivity contribution >= 4 is 18.0 Å². The molecule has 0 spiro atoms. The average Bonchev–Trinajstić information content (AvgIpc) is 3.10. The molecule has 2 aliphatic carbocycles. The molecule has 0 aromatic heterocycles. The van der Waals surface area contributed by atoms with Crippen LogP contribution >= 0.6 is 0 Å². The third-order valence-corrected chi connectivity index (χ3v) is 6.44. The Kier molecular flexibility index (Phi) is 6.44. The smallest absolute Gasteiger partial charge is 0.407 e. The zero-order chi connectivity index (χ0) is 22.6. The first-order chi connectivity index (χ1) is 15.5. The molecular formula is C25H28N2O5. The molecule has 1 saturated carbocycles. The molecular weight excluding hydrogens is 408 g/mol. The van der Waals surface area contributed by atoms with Crippen LogP contribution in [-0.2, 0) is 14.3 Å². The van der Waals surface area contributed by atoms with Gasteiger partial charge in [0.15, 0.2) is 0 Å². The Morgan fingerprint density at radius 2 is 1.53 bits per heavy atom. The number of carbonyl (C=O) groups excluding carboxylic acids is 2. The third kappa shape index (κ3) is 4.77. The maximum absolute atomic E-state index is 12.4. The van der Waals surface area contributed by atoms with Gasteiger partial charge in [-0.25, -0.2) is 4.79 Å². The van der Waals surface area contributed by atoms with Gasteiger partial charge in [-0.1, -0.05) is 67.8 Å². The summed E-state index contributed by atoms with van der Waals surface area (Å²) in [5, 5.41) is 14.6. The lowest BCUT2D eigenvalue weighted by Crippen LogP contribution is -2.53. The number of alkyl carbamates (subject to hydrolysis) is 1. The molecule has 0 heterocycles. The number of hydrogen-bond donors (Lipinski definition) is 3. The standard InChI is InChI=1S/C25H28N2O5/c28-22(27-25(14-23(29)30)12-6-1-7-13-25)15-26-24(31)32-16-21-19-10-4-2-8-17(19)18-9-3-5-11-20(18)21/h2-5,8-11,21H,1,6-7,12-16H2,(H,26,31)(H,27,28)(H,29,30). The van der Waals surface area contributed by atoms with Crippen molar-refractivity contribution in [3.63, 3.8) is 0 Å². The van der Waals surface area contributed by atoms with Crippen molar-refractivity contribution < 1.29 is 24.2 Å². The van der Waals surface area contributed by atoms with Crippen LogP contribution in [0.25, 0.3) is 11.1 Å². The molecule has 2 aliphatic rings. The first-order valence-corrected chi connectivity index (χ1v) is 11.1. The van der Waals surface area contributed by atoms with E-state index in [2.05, 4.69) is 22.8 Å². The van der Waals surface area contributed by atoms with Gasteiger partial charge in [-0.2, -0.15) is 0 Å². The van der Waals surface area contributed by atoms with Gasteiger partial charge in [0.25, 0.3) is 0 Å². The number of carbonyl (C=O) groups is 3. The number of nitrogens with one attached hydrogen (secondary N) is 2. The lowest BCUT2D eigenvalue weighted by Gasteiger charge is -2.37. The van der Waals surface area contributed by atoms with Gasteiger partial charge >= 0.3 is 12.1 Å². The Bertz CT molecular complexity index is 967. The van der Waals surface area contributed by atoms with E-state index in [1.165, 1.54) is 0 Å². The Morgan fingerprint density at radius 1 is 0.938 bits per heavy atom. The fraction of sp³-hybridized carbons (Fsp3) is 0.400. The minimum Gasteiger partial charge on any atom is -0.481 e. The lowest BCUT2D eigenvalue weighted by atomic mass is 9.79. The van der Waals surface area contributed by atoms with Gasteiger partial charge in [0.1, 0.15) is 13.2 Å². The van der Waals surface area contributed by atoms with Crippen LogP contribution in [0.1, 0.15) is 55.6 Å². The maximum atomic E-state index is 12.4. The first kappa shape index (κ1) is 21.9. The van der Waals surface area contributed by atoms with Gasteiger partial charge in [-0.05, 0) is 35.1 Å². The minimum atomic E-state index is -0.934. The molecule has 0 aliphatic heterocycles. The summed E-state index contributed by atoms with van der Waals surface area (Å²) < 4.78 is 5.45. The molecule has 2 amide bonds. The molecule has 0 atom stereocenters. The van der Waals surface area contributed by atoms with E-state index in [9.17, 15) is 19.5 Å². The lowest BCUT2D eigenvalue weighted by molar-refractivity contribution is -0.139. The summed E-state index contributed by atoms with van der Waals surface area (Å²) in [7, 11) is 0. The highest BCUT2D eigenvalue weighted by Crippen LogP contribution is 2.44. The predicted octanol–water partition coefficient (Wildman–Crippen LogP) is 3.82. The van der Waals surface area contributed by atoms with Gasteiger partial charge in [0, 0.05) is 5.92 Å². The van der Waals surface area contributed by atoms with Gasteiger partial charge in [-0.15, -0.1) is 0 Å². The van der Waals surface area contributed by atoms with E-state index in [-0.39, 0.29) is 25.5 Å². The largest absolute Gasteiger partial charge is 0.481 e. The highest BCUT2D eigenvalue weighted by molar-refractivity contribution is 5.83. The summed E-state index contributed by atoms with van der Waals surface area (Å²) in [6.07, 6.45) is 3.30. The monoisotopic (exact) mass is 436 g/mol. The number of amides is 2. The highest BCUT2D eigenvalue weighted by atomic mass is 16.5. The second-order valence-corrected chi connectivity index (χ2v) is 8.64. The van der Waals surface area contributed by atoms with Crippen molar-refractivity contribution in [3.05, 3.63) is 59.7 Å². The number of carboxylic acid groups (broad SMARTS) is 1. The fourth-order valence-electron chi connectivity index (χ4n) is 5.01. The molecule has 0 radical (unpaired) electrons. The Morgan fingerprint density at radius 3 is 2.12 bits per heavy atom. The van der Waals surface area contributed by atoms with E-state index < -0.39 is 23.5 Å². The van der Waals surface area contributed by atoms with Crippen LogP contribution in [0.5, 0.6) is 0 Å². The van der Waals surface area contributed by atoms with E-state index in [1.54, 1.807) is 0 Å². The van der Waals surface area contributed by atoms with Crippen molar-refractivity contribution in [1.29, 1.82) is 0 Å². The molecule has 32 heavy (non-hydrogen) atoms. The second kappa shape index (κ2) is 9.42. The minimum absolute atomic E-state index is 0.0527. The molecule has 7 heteroatoms. The second-order valence-electron chi connectivity index (χ2n) is 8.64. The van der Waals surface area contributed by atoms with Crippen LogP contribution in [0.15, 0.2) is 48.5 Å². The van der Waals surface area contributed by atoms with Gasteiger partial charge in [0.05, 0.1) is 12.0 Å². The van der Waals surface area contributed by atoms with Crippen LogP contribution in [0, 0.1) is 0 Å². The van der Waals surface area contributed by atoms with Crippen LogP contribution in [0.2, 0.25) is 0 Å². The maximum Gasteiger partial charge on any atom is 0.407 e. The molecule has 0 saturated heterocycles. The van der Waals surface area contributed by atoms with Crippen molar-refractivity contribution in [2.24, 2.45) is 0 Å². The van der Waals surface area contributed by atoms with Crippen LogP contribution in [0.4, 0.5) is 4.79 Å². The van der Waals surface area contributed by atoms with E-state index >= 15 is 0 Å². The number of rotatable bonds is 7. The molecule has 168 valence electrons. The normalized spacial score (nSPS) is 16.5. The summed E-state index contributed by atoms with van der Waals surface area (Å²) in [5.41, 5.74) is 3.80. The van der Waals surface area contributed by atoms with Crippen molar-refractivity contribution in [1.82, 2.24) is 10.6 Å². The first-order valence-electron chi connectivity index (χ1n) is 11.1. The number of hydrogen-bond acceptors (Lipinski definition) is 4. The SMILES string of the molecule is O=C(O)CC1(NC(=O)CNC(=O)OCC2c3ccccc3-c3ccccc32)CCCCC1. The predicted molar refractivity (Wildman–Crippen MR) is 119 cm³/mol. The van der Waals surface area contributed by atoms with Crippen molar-refractivity contribution in [2.45, 2.75) is 50.0 Å². The molecule has 7 nitrogen and oxygen atoms in total. The van der Waals surface area contributed by atoms with E-state index in [0.29, 0.717) is 12.8 Å². The molecule has 0 unspecified atom stereocenters. The Labute approximate surface area is 187 Å². The third-order valence-electron chi connectivity index (χ3n) is 6.44. The number of carboxylic acids is 1. The van der Waals surface area contributed by atoms with E-state index in [4.69, 9.17) is 4.74 Å². The van der Waals surface area contributed by atoms with Crippen LogP contribution in [0.3, 0.4) is 0 Å². The molecule has 2 aromatic rings. The number of ether oxygens (including phenoxy) is 1. The summed E-state index contributed by atoms with van der Waals surface area (Å²) in [5.74, 6) is -1.39. The summed E-state index contributed by atoms with van der Waals surface area (Å²) in [6.45, 7) is -0.0809. The van der Waals surface area contributed by atoms with Crippen LogP contribution < -0.4 is 10.6 Å². The molecule has 4 rings (SSSR count). The molecule has 1 fully saturated rings. The average molecular weight is 437 g/mol. The van der Waals surface area contributed by atoms with E-state index in [1.807, 2.05) is 36.4 Å². The van der Waals surface area contributed by atoms with Crippen molar-refractivity contribution in [2.75, 3.05) is 13.2 Å². The Balaban J connectivity index is 1.31. The van der Waals surface area contributed by atoms with Gasteiger partial charge in [0.2, 0.25) is 5.91 Å². The fourth-order valence-corrected chi connectivity index (χ4v) is 5.01. The van der Waals surface area contributed by atoms with Crippen molar-refractivity contribution in [3.8, 4) is 11.1 Å². The summed E-state index contributed by atoms with van der Waals surface area (Å²) in [4.78, 5) is 36.0.